The summed E-state index contributed by atoms with van der Waals surface area (Å²) in [6.45, 7) is 7.16. The molecule has 82 valence electrons. The van der Waals surface area contributed by atoms with E-state index in [4.69, 9.17) is 5.26 Å². The van der Waals surface area contributed by atoms with Crippen LogP contribution in [0.5, 0.6) is 0 Å². The average molecular weight is 214 g/mol. The summed E-state index contributed by atoms with van der Waals surface area (Å²) in [6.07, 6.45) is 1.73. The van der Waals surface area contributed by atoms with E-state index in [1.54, 1.807) is 6.20 Å². The smallest absolute Gasteiger partial charge is 0.172 e. The number of fused-ring (bicyclic) bond motifs is 1. The van der Waals surface area contributed by atoms with Gasteiger partial charge in [0.05, 0.1) is 5.39 Å². The number of nitrogens with zero attached hydrogens (tertiary/aromatic N) is 4. The molecule has 0 bridgehead atoms. The molecule has 0 saturated heterocycles. The molecule has 0 unspecified atom stereocenters. The van der Waals surface area contributed by atoms with Gasteiger partial charge in [0.2, 0.25) is 0 Å². The minimum absolute atomic E-state index is 0.114. The van der Waals surface area contributed by atoms with Crippen LogP contribution in [0.2, 0.25) is 0 Å². The van der Waals surface area contributed by atoms with E-state index >= 15 is 0 Å². The fourth-order valence-electron chi connectivity index (χ4n) is 1.65. The van der Waals surface area contributed by atoms with E-state index in [0.29, 0.717) is 5.69 Å². The van der Waals surface area contributed by atoms with Gasteiger partial charge in [-0.05, 0) is 17.5 Å². The maximum atomic E-state index is 8.99. The SMILES string of the molecule is CC(C)(C)Cn1nc(C#N)c2cccnc21. The van der Waals surface area contributed by atoms with Crippen LogP contribution in [0, 0.1) is 16.7 Å². The summed E-state index contributed by atoms with van der Waals surface area (Å²) in [5.41, 5.74) is 1.35. The standard InChI is InChI=1S/C12H14N4/c1-12(2,3)8-16-11-9(5-4-6-14-11)10(7-13)15-16/h4-6H,8H2,1-3H3. The fourth-order valence-corrected chi connectivity index (χ4v) is 1.65. The van der Waals surface area contributed by atoms with Gasteiger partial charge < -0.3 is 0 Å². The van der Waals surface area contributed by atoms with Gasteiger partial charge in [0.1, 0.15) is 6.07 Å². The zero-order valence-electron chi connectivity index (χ0n) is 9.73. The van der Waals surface area contributed by atoms with Gasteiger partial charge in [-0.25, -0.2) is 9.67 Å². The minimum Gasteiger partial charge on any atom is -0.245 e. The van der Waals surface area contributed by atoms with E-state index in [2.05, 4.69) is 36.9 Å². The average Bonchev–Trinajstić information content (AvgIpc) is 2.55. The van der Waals surface area contributed by atoms with Gasteiger partial charge in [-0.15, -0.1) is 0 Å². The van der Waals surface area contributed by atoms with E-state index in [9.17, 15) is 0 Å². The molecule has 0 saturated carbocycles. The number of aromatic nitrogens is 3. The van der Waals surface area contributed by atoms with Crippen LogP contribution in [0.25, 0.3) is 11.0 Å². The Kier molecular flexibility index (Phi) is 2.39. The molecule has 0 N–H and O–H groups in total. The highest BCUT2D eigenvalue weighted by molar-refractivity contribution is 5.80. The Labute approximate surface area is 94.5 Å². The summed E-state index contributed by atoms with van der Waals surface area (Å²) in [4.78, 5) is 4.28. The maximum absolute atomic E-state index is 8.99. The topological polar surface area (TPSA) is 54.5 Å². The summed E-state index contributed by atoms with van der Waals surface area (Å²) in [5, 5.41) is 14.1. The molecule has 16 heavy (non-hydrogen) atoms. The molecule has 0 amide bonds. The van der Waals surface area contributed by atoms with Crippen molar-refractivity contribution in [2.24, 2.45) is 5.41 Å². The van der Waals surface area contributed by atoms with Gasteiger partial charge in [0, 0.05) is 12.7 Å². The lowest BCUT2D eigenvalue weighted by Gasteiger charge is -2.17. The van der Waals surface area contributed by atoms with E-state index in [0.717, 1.165) is 17.6 Å². The second-order valence-electron chi connectivity index (χ2n) is 5.05. The van der Waals surface area contributed by atoms with E-state index in [1.807, 2.05) is 16.8 Å². The Morgan fingerprint density at radius 2 is 2.19 bits per heavy atom. The largest absolute Gasteiger partial charge is 0.245 e. The van der Waals surface area contributed by atoms with E-state index in [-0.39, 0.29) is 5.41 Å². The number of hydrogen-bond acceptors (Lipinski definition) is 3. The molecule has 0 radical (unpaired) electrons. The molecule has 4 nitrogen and oxygen atoms in total. The third-order valence-electron chi connectivity index (χ3n) is 2.24. The van der Waals surface area contributed by atoms with Crippen LogP contribution in [-0.4, -0.2) is 14.8 Å². The van der Waals surface area contributed by atoms with Crippen molar-refractivity contribution < 1.29 is 0 Å². The number of hydrogen-bond donors (Lipinski definition) is 0. The molecule has 0 aliphatic heterocycles. The lowest BCUT2D eigenvalue weighted by atomic mass is 9.97. The highest BCUT2D eigenvalue weighted by atomic mass is 15.3. The van der Waals surface area contributed by atoms with E-state index < -0.39 is 0 Å². The third-order valence-corrected chi connectivity index (χ3v) is 2.24. The highest BCUT2D eigenvalue weighted by Crippen LogP contribution is 2.21. The van der Waals surface area contributed by atoms with Crippen molar-refractivity contribution in [3.05, 3.63) is 24.0 Å². The van der Waals surface area contributed by atoms with Gasteiger partial charge in [-0.2, -0.15) is 10.4 Å². The first kappa shape index (κ1) is 10.6. The molecule has 0 aliphatic carbocycles. The first-order valence-electron chi connectivity index (χ1n) is 5.23. The molecule has 0 aromatic carbocycles. The molecule has 0 aliphatic rings. The summed E-state index contributed by atoms with van der Waals surface area (Å²) >= 11 is 0. The van der Waals surface area contributed by atoms with Crippen molar-refractivity contribution in [2.45, 2.75) is 27.3 Å². The normalized spacial score (nSPS) is 11.6. The van der Waals surface area contributed by atoms with Crippen LogP contribution < -0.4 is 0 Å². The summed E-state index contributed by atoms with van der Waals surface area (Å²) in [5.74, 6) is 0. The van der Waals surface area contributed by atoms with Gasteiger partial charge in [-0.3, -0.25) is 0 Å². The highest BCUT2D eigenvalue weighted by Gasteiger charge is 2.16. The lowest BCUT2D eigenvalue weighted by Crippen LogP contribution is -2.16. The molecule has 2 heterocycles. The second-order valence-corrected chi connectivity index (χ2v) is 5.05. The van der Waals surface area contributed by atoms with Gasteiger partial charge in [0.15, 0.2) is 11.3 Å². The van der Waals surface area contributed by atoms with Crippen molar-refractivity contribution in [1.29, 1.82) is 5.26 Å². The van der Waals surface area contributed by atoms with Crippen LogP contribution in [0.1, 0.15) is 26.5 Å². The van der Waals surface area contributed by atoms with Crippen molar-refractivity contribution in [3.63, 3.8) is 0 Å². The van der Waals surface area contributed by atoms with Crippen LogP contribution in [0.15, 0.2) is 18.3 Å². The van der Waals surface area contributed by atoms with Crippen molar-refractivity contribution in [3.8, 4) is 6.07 Å². The summed E-state index contributed by atoms with van der Waals surface area (Å²) < 4.78 is 1.81. The Hall–Kier alpha value is -1.89. The Bertz CT molecular complexity index is 554. The van der Waals surface area contributed by atoms with Crippen LogP contribution >= 0.6 is 0 Å². The Balaban J connectivity index is 2.59. The summed E-state index contributed by atoms with van der Waals surface area (Å²) in [6, 6.07) is 5.81. The molecule has 2 rings (SSSR count). The minimum atomic E-state index is 0.114. The first-order chi connectivity index (χ1) is 7.51. The van der Waals surface area contributed by atoms with Gasteiger partial charge in [0.25, 0.3) is 0 Å². The number of pyridine rings is 1. The van der Waals surface area contributed by atoms with E-state index in [1.165, 1.54) is 0 Å². The predicted molar refractivity (Wildman–Crippen MR) is 61.7 cm³/mol. The van der Waals surface area contributed by atoms with Crippen molar-refractivity contribution in [2.75, 3.05) is 0 Å². The number of nitriles is 1. The zero-order chi connectivity index (χ0) is 11.8. The maximum Gasteiger partial charge on any atom is 0.172 e. The quantitative estimate of drug-likeness (QED) is 0.732. The molecule has 0 fully saturated rings. The molecule has 0 atom stereocenters. The molecular formula is C12H14N4. The first-order valence-corrected chi connectivity index (χ1v) is 5.23. The summed E-state index contributed by atoms with van der Waals surface area (Å²) in [7, 11) is 0. The molecule has 4 heteroatoms. The monoisotopic (exact) mass is 214 g/mol. The molecule has 2 aromatic rings. The fraction of sp³-hybridized carbons (Fsp3) is 0.417. The third kappa shape index (κ3) is 1.89. The van der Waals surface area contributed by atoms with Crippen molar-refractivity contribution >= 4 is 11.0 Å². The van der Waals surface area contributed by atoms with Gasteiger partial charge >= 0.3 is 0 Å². The van der Waals surface area contributed by atoms with Gasteiger partial charge in [-0.1, -0.05) is 20.8 Å². The molecular weight excluding hydrogens is 200 g/mol. The van der Waals surface area contributed by atoms with Crippen molar-refractivity contribution in [1.82, 2.24) is 14.8 Å². The molecule has 2 aromatic heterocycles. The lowest BCUT2D eigenvalue weighted by molar-refractivity contribution is 0.330. The van der Waals surface area contributed by atoms with Crippen LogP contribution in [-0.2, 0) is 6.54 Å². The van der Waals surface area contributed by atoms with Crippen LogP contribution in [0.4, 0.5) is 0 Å². The van der Waals surface area contributed by atoms with Crippen LogP contribution in [0.3, 0.4) is 0 Å². The Morgan fingerprint density at radius 3 is 2.81 bits per heavy atom. The Morgan fingerprint density at radius 1 is 1.44 bits per heavy atom. The zero-order valence-corrected chi connectivity index (χ0v) is 9.73. The number of rotatable bonds is 1. The second kappa shape index (κ2) is 3.60. The predicted octanol–water partition coefficient (Wildman–Crippen LogP) is 2.35. The molecule has 0 spiro atoms.